The number of thiocarbonyl (C=S) groups is 1. The van der Waals surface area contributed by atoms with E-state index >= 15 is 0 Å². The van der Waals surface area contributed by atoms with Gasteiger partial charge in [0.1, 0.15) is 10.1 Å². The topological polar surface area (TPSA) is 49.9 Å². The van der Waals surface area contributed by atoms with Gasteiger partial charge in [-0.15, -0.1) is 0 Å². The molecule has 144 valence electrons. The van der Waals surface area contributed by atoms with E-state index in [1.54, 1.807) is 13.2 Å². The Morgan fingerprint density at radius 1 is 1.22 bits per heavy atom. The zero-order valence-corrected chi connectivity index (χ0v) is 17.1. The van der Waals surface area contributed by atoms with Gasteiger partial charge in [-0.25, -0.2) is 0 Å². The van der Waals surface area contributed by atoms with Gasteiger partial charge in [0.25, 0.3) is 5.91 Å². The molecule has 0 aliphatic carbocycles. The van der Waals surface area contributed by atoms with Crippen LogP contribution in [-0.4, -0.2) is 52.7 Å². The van der Waals surface area contributed by atoms with Crippen LogP contribution in [-0.2, 0) is 9.59 Å². The Morgan fingerprint density at radius 2 is 1.93 bits per heavy atom. The molecule has 27 heavy (non-hydrogen) atoms. The molecule has 2 saturated heterocycles. The number of likely N-dealkylation sites (tertiary alicyclic amines) is 1. The molecule has 0 radical (unpaired) electrons. The van der Waals surface area contributed by atoms with Crippen LogP contribution in [0.1, 0.15) is 37.7 Å². The number of benzene rings is 1. The molecule has 0 atom stereocenters. The van der Waals surface area contributed by atoms with Gasteiger partial charge in [0.15, 0.2) is 0 Å². The Labute approximate surface area is 169 Å². The van der Waals surface area contributed by atoms with E-state index in [4.69, 9.17) is 17.0 Å². The highest BCUT2D eigenvalue weighted by molar-refractivity contribution is 8.26. The van der Waals surface area contributed by atoms with Crippen molar-refractivity contribution in [2.24, 2.45) is 0 Å². The van der Waals surface area contributed by atoms with Crippen LogP contribution >= 0.6 is 24.0 Å². The summed E-state index contributed by atoms with van der Waals surface area (Å²) in [6, 6.07) is 7.53. The molecule has 0 bridgehead atoms. The number of methoxy groups -OCH3 is 1. The average molecular weight is 405 g/mol. The molecule has 2 heterocycles. The predicted molar refractivity (Wildman–Crippen MR) is 113 cm³/mol. The molecule has 0 saturated carbocycles. The van der Waals surface area contributed by atoms with E-state index in [1.807, 2.05) is 29.2 Å². The minimum absolute atomic E-state index is 0.111. The third-order valence-electron chi connectivity index (χ3n) is 4.81. The first-order chi connectivity index (χ1) is 13.1. The molecule has 2 amide bonds. The molecular weight excluding hydrogens is 380 g/mol. The van der Waals surface area contributed by atoms with E-state index in [-0.39, 0.29) is 11.8 Å². The van der Waals surface area contributed by atoms with Gasteiger partial charge in [0.2, 0.25) is 5.91 Å². The number of hydrogen-bond donors (Lipinski definition) is 0. The first-order valence-corrected chi connectivity index (χ1v) is 10.5. The lowest BCUT2D eigenvalue weighted by atomic mass is 10.2. The number of carbonyl (C=O) groups excluding carboxylic acids is 2. The highest BCUT2D eigenvalue weighted by atomic mass is 32.2. The summed E-state index contributed by atoms with van der Waals surface area (Å²) in [6.45, 7) is 1.99. The molecule has 1 aromatic rings. The van der Waals surface area contributed by atoms with Gasteiger partial charge in [-0.2, -0.15) is 0 Å². The number of amides is 2. The van der Waals surface area contributed by atoms with E-state index in [2.05, 4.69) is 0 Å². The van der Waals surface area contributed by atoms with E-state index in [0.717, 1.165) is 31.5 Å². The largest absolute Gasteiger partial charge is 0.496 e. The van der Waals surface area contributed by atoms with Gasteiger partial charge in [0, 0.05) is 31.6 Å². The SMILES string of the molecule is COc1ccccc1C=C1SC(=S)N(CCC(=O)N2CCCCCC2)C1=O. The maximum absolute atomic E-state index is 12.7. The number of nitrogens with zero attached hydrogens (tertiary/aromatic N) is 2. The van der Waals surface area contributed by atoms with Crippen molar-refractivity contribution in [1.82, 2.24) is 9.80 Å². The van der Waals surface area contributed by atoms with E-state index in [1.165, 1.54) is 29.5 Å². The zero-order valence-electron chi connectivity index (χ0n) is 15.5. The highest BCUT2D eigenvalue weighted by Crippen LogP contribution is 2.34. The second kappa shape index (κ2) is 9.37. The quantitative estimate of drug-likeness (QED) is 0.553. The fourth-order valence-electron chi connectivity index (χ4n) is 3.31. The molecular formula is C20H24N2O3S2. The second-order valence-electron chi connectivity index (χ2n) is 6.62. The lowest BCUT2D eigenvalue weighted by Gasteiger charge is -2.22. The monoisotopic (exact) mass is 404 g/mol. The summed E-state index contributed by atoms with van der Waals surface area (Å²) in [5, 5.41) is 0. The Morgan fingerprint density at radius 3 is 2.63 bits per heavy atom. The summed E-state index contributed by atoms with van der Waals surface area (Å²) in [6.07, 6.45) is 6.62. The highest BCUT2D eigenvalue weighted by Gasteiger charge is 2.32. The van der Waals surface area contributed by atoms with Crippen LogP contribution in [0.25, 0.3) is 6.08 Å². The van der Waals surface area contributed by atoms with Crippen molar-refractivity contribution in [2.45, 2.75) is 32.1 Å². The molecule has 0 aromatic heterocycles. The number of carbonyl (C=O) groups is 2. The maximum atomic E-state index is 12.7. The van der Waals surface area contributed by atoms with E-state index in [9.17, 15) is 9.59 Å². The van der Waals surface area contributed by atoms with Gasteiger partial charge in [-0.3, -0.25) is 14.5 Å². The lowest BCUT2D eigenvalue weighted by Crippen LogP contribution is -2.36. The molecule has 0 unspecified atom stereocenters. The van der Waals surface area contributed by atoms with E-state index in [0.29, 0.717) is 27.9 Å². The normalized spacial score (nSPS) is 19.5. The van der Waals surface area contributed by atoms with Crippen molar-refractivity contribution in [3.8, 4) is 5.75 Å². The van der Waals surface area contributed by atoms with Crippen molar-refractivity contribution < 1.29 is 14.3 Å². The second-order valence-corrected chi connectivity index (χ2v) is 8.30. The van der Waals surface area contributed by atoms with Crippen molar-refractivity contribution >= 4 is 46.2 Å². The molecule has 2 aliphatic heterocycles. The molecule has 1 aromatic carbocycles. The molecule has 5 nitrogen and oxygen atoms in total. The number of hydrogen-bond acceptors (Lipinski definition) is 5. The summed E-state index contributed by atoms with van der Waals surface area (Å²) < 4.78 is 5.84. The zero-order chi connectivity index (χ0) is 19.2. The Kier molecular flexibility index (Phi) is 6.90. The summed E-state index contributed by atoms with van der Waals surface area (Å²) in [7, 11) is 1.60. The average Bonchev–Trinajstić information content (AvgIpc) is 2.87. The predicted octanol–water partition coefficient (Wildman–Crippen LogP) is 3.69. The van der Waals surface area contributed by atoms with Gasteiger partial charge in [-0.05, 0) is 25.0 Å². The summed E-state index contributed by atoms with van der Waals surface area (Å²) >= 11 is 6.65. The van der Waals surface area contributed by atoms with E-state index < -0.39 is 0 Å². The van der Waals surface area contributed by atoms with Crippen molar-refractivity contribution in [3.05, 3.63) is 34.7 Å². The number of rotatable bonds is 5. The maximum Gasteiger partial charge on any atom is 0.266 e. The Balaban J connectivity index is 1.64. The standard InChI is InChI=1S/C20H24N2O3S2/c1-25-16-9-5-4-8-15(16)14-17-19(24)22(20(26)27-17)13-10-18(23)21-11-6-2-3-7-12-21/h4-5,8-9,14H,2-3,6-7,10-13H2,1H3. The molecule has 2 aliphatic rings. The summed E-state index contributed by atoms with van der Waals surface area (Å²) in [4.78, 5) is 29.3. The van der Waals surface area contributed by atoms with Crippen molar-refractivity contribution in [3.63, 3.8) is 0 Å². The van der Waals surface area contributed by atoms with Crippen molar-refractivity contribution in [1.29, 1.82) is 0 Å². The summed E-state index contributed by atoms with van der Waals surface area (Å²) in [5.41, 5.74) is 0.834. The number of thioether (sulfide) groups is 1. The number of para-hydroxylation sites is 1. The number of ether oxygens (including phenoxy) is 1. The lowest BCUT2D eigenvalue weighted by molar-refractivity contribution is -0.131. The molecule has 2 fully saturated rings. The fraction of sp³-hybridized carbons (Fsp3) is 0.450. The first-order valence-electron chi connectivity index (χ1n) is 9.26. The summed E-state index contributed by atoms with van der Waals surface area (Å²) in [5.74, 6) is 0.679. The van der Waals surface area contributed by atoms with Crippen LogP contribution in [0.3, 0.4) is 0 Å². The minimum atomic E-state index is -0.139. The molecule has 7 heteroatoms. The molecule has 3 rings (SSSR count). The Bertz CT molecular complexity index is 755. The van der Waals surface area contributed by atoms with Crippen molar-refractivity contribution in [2.75, 3.05) is 26.7 Å². The first kappa shape index (κ1) is 19.9. The third-order valence-corrected chi connectivity index (χ3v) is 6.18. The third kappa shape index (κ3) is 4.90. The Hall–Kier alpha value is -1.86. The van der Waals surface area contributed by atoms with Gasteiger partial charge < -0.3 is 9.64 Å². The van der Waals surface area contributed by atoms with Gasteiger partial charge in [0.05, 0.1) is 12.0 Å². The van der Waals surface area contributed by atoms with Crippen LogP contribution in [0.4, 0.5) is 0 Å². The minimum Gasteiger partial charge on any atom is -0.496 e. The molecule has 0 N–H and O–H groups in total. The molecule has 0 spiro atoms. The van der Waals surface area contributed by atoms with Crippen LogP contribution in [0.2, 0.25) is 0 Å². The van der Waals surface area contributed by atoms with Gasteiger partial charge in [-0.1, -0.05) is 55.0 Å². The van der Waals surface area contributed by atoms with Crippen LogP contribution < -0.4 is 4.74 Å². The smallest absolute Gasteiger partial charge is 0.266 e. The van der Waals surface area contributed by atoms with Crippen LogP contribution in [0.15, 0.2) is 29.2 Å². The van der Waals surface area contributed by atoms with Gasteiger partial charge >= 0.3 is 0 Å². The fourth-order valence-corrected chi connectivity index (χ4v) is 4.60. The van der Waals surface area contributed by atoms with Crippen LogP contribution in [0.5, 0.6) is 5.75 Å². The van der Waals surface area contributed by atoms with Crippen LogP contribution in [0, 0.1) is 0 Å².